The SMILES string of the molecule is C[C@H](NC(=O)Cc1ccccc1)C(=O)N1CCC[C@H]1C(=O)N1CCC[C@H]1C(=O)O. The molecule has 2 saturated heterocycles. The van der Waals surface area contributed by atoms with Crippen LogP contribution < -0.4 is 5.32 Å². The van der Waals surface area contributed by atoms with E-state index in [1.54, 1.807) is 6.92 Å². The molecule has 1 aromatic carbocycles. The fourth-order valence-electron chi connectivity index (χ4n) is 4.15. The Morgan fingerprint density at radius 1 is 1.03 bits per heavy atom. The number of carboxylic acid groups (broad SMARTS) is 1. The molecule has 0 spiro atoms. The van der Waals surface area contributed by atoms with Crippen molar-refractivity contribution < 1.29 is 24.3 Å². The molecule has 2 aliphatic heterocycles. The molecule has 0 bridgehead atoms. The molecule has 0 aliphatic carbocycles. The highest BCUT2D eigenvalue weighted by atomic mass is 16.4. The smallest absolute Gasteiger partial charge is 0.326 e. The van der Waals surface area contributed by atoms with Gasteiger partial charge in [0.1, 0.15) is 18.1 Å². The maximum Gasteiger partial charge on any atom is 0.326 e. The number of carbonyl (C=O) groups excluding carboxylic acids is 3. The van der Waals surface area contributed by atoms with Crippen LogP contribution in [0, 0.1) is 0 Å². The highest BCUT2D eigenvalue weighted by Gasteiger charge is 2.42. The van der Waals surface area contributed by atoms with E-state index in [2.05, 4.69) is 5.32 Å². The number of nitrogens with zero attached hydrogens (tertiary/aromatic N) is 2. The summed E-state index contributed by atoms with van der Waals surface area (Å²) in [6.45, 7) is 2.44. The van der Waals surface area contributed by atoms with Crippen molar-refractivity contribution in [2.75, 3.05) is 13.1 Å². The lowest BCUT2D eigenvalue weighted by Crippen LogP contribution is -2.54. The number of carbonyl (C=O) groups is 4. The van der Waals surface area contributed by atoms with Crippen molar-refractivity contribution in [3.05, 3.63) is 35.9 Å². The van der Waals surface area contributed by atoms with Gasteiger partial charge in [-0.15, -0.1) is 0 Å². The first-order chi connectivity index (χ1) is 13.9. The topological polar surface area (TPSA) is 107 Å². The average molecular weight is 401 g/mol. The number of hydrogen-bond acceptors (Lipinski definition) is 4. The summed E-state index contributed by atoms with van der Waals surface area (Å²) in [5, 5.41) is 12.0. The first-order valence-corrected chi connectivity index (χ1v) is 10.1. The zero-order valence-corrected chi connectivity index (χ0v) is 16.5. The van der Waals surface area contributed by atoms with E-state index in [1.807, 2.05) is 30.3 Å². The van der Waals surface area contributed by atoms with Gasteiger partial charge in [0.15, 0.2) is 0 Å². The van der Waals surface area contributed by atoms with Gasteiger partial charge in [-0.05, 0) is 38.2 Å². The van der Waals surface area contributed by atoms with Crippen LogP contribution in [0.4, 0.5) is 0 Å². The summed E-state index contributed by atoms with van der Waals surface area (Å²) >= 11 is 0. The van der Waals surface area contributed by atoms with Crippen molar-refractivity contribution in [2.45, 2.75) is 57.2 Å². The molecular formula is C21H27N3O5. The molecule has 2 heterocycles. The van der Waals surface area contributed by atoms with Crippen LogP contribution in [0.15, 0.2) is 30.3 Å². The Bertz CT molecular complexity index is 782. The highest BCUT2D eigenvalue weighted by molar-refractivity contribution is 5.94. The van der Waals surface area contributed by atoms with Gasteiger partial charge in [0, 0.05) is 13.1 Å². The lowest BCUT2D eigenvalue weighted by atomic mass is 10.1. The van der Waals surface area contributed by atoms with Crippen molar-refractivity contribution in [1.82, 2.24) is 15.1 Å². The van der Waals surface area contributed by atoms with E-state index >= 15 is 0 Å². The molecule has 3 amide bonds. The fraction of sp³-hybridized carbons (Fsp3) is 0.524. The van der Waals surface area contributed by atoms with E-state index in [4.69, 9.17) is 0 Å². The second kappa shape index (κ2) is 9.07. The Morgan fingerprint density at radius 3 is 2.31 bits per heavy atom. The minimum absolute atomic E-state index is 0.175. The predicted octanol–water partition coefficient (Wildman–Crippen LogP) is 0.800. The summed E-state index contributed by atoms with van der Waals surface area (Å²) in [4.78, 5) is 52.4. The number of amides is 3. The number of rotatable bonds is 6. The van der Waals surface area contributed by atoms with Crippen molar-refractivity contribution in [3.63, 3.8) is 0 Å². The molecule has 8 heteroatoms. The molecule has 2 N–H and O–H groups in total. The minimum Gasteiger partial charge on any atom is -0.480 e. The molecular weight excluding hydrogens is 374 g/mol. The molecule has 3 atom stereocenters. The standard InChI is InChI=1S/C21H27N3O5/c1-14(22-18(25)13-15-7-3-2-4-8-15)19(26)23-11-5-9-16(23)20(27)24-12-6-10-17(24)21(28)29/h2-4,7-8,14,16-17H,5-6,9-13H2,1H3,(H,22,25)(H,28,29)/t14-,16-,17-/m0/s1. The van der Waals surface area contributed by atoms with E-state index in [0.29, 0.717) is 38.8 Å². The van der Waals surface area contributed by atoms with Crippen LogP contribution in [0.25, 0.3) is 0 Å². The molecule has 0 saturated carbocycles. The Kier molecular flexibility index (Phi) is 6.51. The van der Waals surface area contributed by atoms with Gasteiger partial charge in [-0.1, -0.05) is 30.3 Å². The molecule has 0 radical (unpaired) electrons. The fourth-order valence-corrected chi connectivity index (χ4v) is 4.15. The summed E-state index contributed by atoms with van der Waals surface area (Å²) < 4.78 is 0. The van der Waals surface area contributed by atoms with Crippen LogP contribution in [0.2, 0.25) is 0 Å². The molecule has 2 fully saturated rings. The van der Waals surface area contributed by atoms with E-state index in [0.717, 1.165) is 5.56 Å². The molecule has 156 valence electrons. The van der Waals surface area contributed by atoms with Crippen molar-refractivity contribution in [2.24, 2.45) is 0 Å². The van der Waals surface area contributed by atoms with Crippen molar-refractivity contribution in [3.8, 4) is 0 Å². The summed E-state index contributed by atoms with van der Waals surface area (Å²) in [5.41, 5.74) is 0.854. The van der Waals surface area contributed by atoms with Gasteiger partial charge in [0.25, 0.3) is 0 Å². The maximum atomic E-state index is 12.9. The second-order valence-electron chi connectivity index (χ2n) is 7.67. The number of aliphatic carboxylic acids is 1. The zero-order chi connectivity index (χ0) is 21.0. The number of nitrogens with one attached hydrogen (secondary N) is 1. The Labute approximate surface area is 169 Å². The summed E-state index contributed by atoms with van der Waals surface area (Å²) in [6, 6.07) is 7.02. The van der Waals surface area contributed by atoms with Crippen LogP contribution in [0.1, 0.15) is 38.2 Å². The first-order valence-electron chi connectivity index (χ1n) is 10.1. The van der Waals surface area contributed by atoms with Crippen LogP contribution >= 0.6 is 0 Å². The van der Waals surface area contributed by atoms with Crippen LogP contribution in [0.3, 0.4) is 0 Å². The van der Waals surface area contributed by atoms with E-state index in [-0.39, 0.29) is 24.1 Å². The van der Waals surface area contributed by atoms with E-state index in [9.17, 15) is 24.3 Å². The van der Waals surface area contributed by atoms with E-state index < -0.39 is 24.1 Å². The lowest BCUT2D eigenvalue weighted by Gasteiger charge is -2.31. The highest BCUT2D eigenvalue weighted by Crippen LogP contribution is 2.25. The Balaban J connectivity index is 1.61. The van der Waals surface area contributed by atoms with Crippen LogP contribution in [-0.4, -0.2) is 69.8 Å². The molecule has 3 rings (SSSR count). The predicted molar refractivity (Wildman–Crippen MR) is 105 cm³/mol. The van der Waals surface area contributed by atoms with Gasteiger partial charge < -0.3 is 20.2 Å². The largest absolute Gasteiger partial charge is 0.480 e. The number of carboxylic acids is 1. The quantitative estimate of drug-likeness (QED) is 0.733. The van der Waals surface area contributed by atoms with Crippen molar-refractivity contribution >= 4 is 23.7 Å². The van der Waals surface area contributed by atoms with Crippen LogP contribution in [0.5, 0.6) is 0 Å². The molecule has 0 unspecified atom stereocenters. The van der Waals surface area contributed by atoms with Gasteiger partial charge in [-0.25, -0.2) is 4.79 Å². The normalized spacial score (nSPS) is 22.4. The van der Waals surface area contributed by atoms with Gasteiger partial charge in [-0.3, -0.25) is 14.4 Å². The van der Waals surface area contributed by atoms with Gasteiger partial charge in [0.2, 0.25) is 17.7 Å². The Morgan fingerprint density at radius 2 is 1.66 bits per heavy atom. The first kappa shape index (κ1) is 20.8. The number of hydrogen-bond donors (Lipinski definition) is 2. The monoisotopic (exact) mass is 401 g/mol. The van der Waals surface area contributed by atoms with Gasteiger partial charge in [0.05, 0.1) is 6.42 Å². The third kappa shape index (κ3) is 4.75. The summed E-state index contributed by atoms with van der Waals surface area (Å²) in [5.74, 6) is -1.88. The third-order valence-electron chi connectivity index (χ3n) is 5.60. The van der Waals surface area contributed by atoms with Crippen LogP contribution in [-0.2, 0) is 25.6 Å². The van der Waals surface area contributed by atoms with Gasteiger partial charge >= 0.3 is 5.97 Å². The second-order valence-corrected chi connectivity index (χ2v) is 7.67. The van der Waals surface area contributed by atoms with E-state index in [1.165, 1.54) is 9.80 Å². The molecule has 2 aliphatic rings. The zero-order valence-electron chi connectivity index (χ0n) is 16.5. The number of benzene rings is 1. The minimum atomic E-state index is -1.01. The van der Waals surface area contributed by atoms with Crippen molar-refractivity contribution in [1.29, 1.82) is 0 Å². The molecule has 29 heavy (non-hydrogen) atoms. The maximum absolute atomic E-state index is 12.9. The molecule has 8 nitrogen and oxygen atoms in total. The Hall–Kier alpha value is -2.90. The summed E-state index contributed by atoms with van der Waals surface area (Å²) in [6.07, 6.45) is 2.45. The molecule has 0 aromatic heterocycles. The lowest BCUT2D eigenvalue weighted by molar-refractivity contribution is -0.152. The number of likely N-dealkylation sites (tertiary alicyclic amines) is 2. The van der Waals surface area contributed by atoms with Gasteiger partial charge in [-0.2, -0.15) is 0 Å². The molecule has 1 aromatic rings. The average Bonchev–Trinajstić information content (AvgIpc) is 3.37. The summed E-state index contributed by atoms with van der Waals surface area (Å²) in [7, 11) is 0. The third-order valence-corrected chi connectivity index (χ3v) is 5.60.